The number of nitrogens with two attached hydrogens (primary N) is 1. The lowest BCUT2D eigenvalue weighted by Gasteiger charge is -2.24. The second kappa shape index (κ2) is 20.7. The molecule has 0 heterocycles. The van der Waals surface area contributed by atoms with Gasteiger partial charge in [0.05, 0.1) is 27.7 Å². The molecule has 0 aliphatic carbocycles. The molecule has 0 spiro atoms. The second-order valence-corrected chi connectivity index (χ2v) is 12.6. The largest absolute Gasteiger partial charge is 0.472 e. The Morgan fingerprint density at radius 3 is 1.78 bits per heavy atom. The molecule has 2 atom stereocenters. The first-order chi connectivity index (χ1) is 15.2. The number of phosphoric ester groups is 1. The number of quaternary nitrogens is 1. The van der Waals surface area contributed by atoms with Crippen LogP contribution in [0.25, 0.3) is 0 Å². The van der Waals surface area contributed by atoms with Gasteiger partial charge in [-0.1, -0.05) is 90.4 Å². The number of hydrogen-bond donors (Lipinski definition) is 2. The highest BCUT2D eigenvalue weighted by Gasteiger charge is 2.23. The van der Waals surface area contributed by atoms with E-state index in [4.69, 9.17) is 14.8 Å². The molecule has 0 saturated heterocycles. The van der Waals surface area contributed by atoms with Crippen molar-refractivity contribution in [3.8, 4) is 0 Å². The Hall–Kier alpha value is 0.380. The van der Waals surface area contributed by atoms with Gasteiger partial charge in [-0.3, -0.25) is 9.05 Å². The van der Waals surface area contributed by atoms with Crippen molar-refractivity contribution in [2.75, 3.05) is 52.4 Å². The van der Waals surface area contributed by atoms with Gasteiger partial charge in [-0.2, -0.15) is 11.8 Å². The molecular weight excluding hydrogens is 443 g/mol. The van der Waals surface area contributed by atoms with Gasteiger partial charge >= 0.3 is 7.82 Å². The molecule has 0 bridgehead atoms. The van der Waals surface area contributed by atoms with Crippen LogP contribution in [0.5, 0.6) is 0 Å². The maximum absolute atomic E-state index is 11.9. The van der Waals surface area contributed by atoms with Crippen LogP contribution in [-0.2, 0) is 13.6 Å². The van der Waals surface area contributed by atoms with Crippen LogP contribution in [0.1, 0.15) is 96.8 Å². The molecular formula is C24H54N2O4PS+. The van der Waals surface area contributed by atoms with Crippen LogP contribution in [0.15, 0.2) is 0 Å². The van der Waals surface area contributed by atoms with E-state index in [1.54, 1.807) is 11.8 Å². The first-order valence-electron chi connectivity index (χ1n) is 12.9. The predicted octanol–water partition coefficient (Wildman–Crippen LogP) is 6.37. The first kappa shape index (κ1) is 32.4. The van der Waals surface area contributed by atoms with Gasteiger partial charge in [0.15, 0.2) is 0 Å². The highest BCUT2D eigenvalue weighted by molar-refractivity contribution is 7.99. The van der Waals surface area contributed by atoms with E-state index in [-0.39, 0.29) is 19.3 Å². The van der Waals surface area contributed by atoms with Crippen LogP contribution in [-0.4, -0.2) is 67.8 Å². The van der Waals surface area contributed by atoms with Gasteiger partial charge in [-0.25, -0.2) is 4.57 Å². The molecule has 0 aromatic rings. The van der Waals surface area contributed by atoms with E-state index in [0.29, 0.717) is 11.0 Å². The van der Waals surface area contributed by atoms with Crippen molar-refractivity contribution in [1.82, 2.24) is 0 Å². The van der Waals surface area contributed by atoms with E-state index in [1.807, 2.05) is 21.1 Å². The molecule has 0 aliphatic heterocycles. The van der Waals surface area contributed by atoms with E-state index in [2.05, 4.69) is 6.92 Å². The van der Waals surface area contributed by atoms with Crippen molar-refractivity contribution in [1.29, 1.82) is 0 Å². The fourth-order valence-electron chi connectivity index (χ4n) is 3.34. The van der Waals surface area contributed by atoms with Crippen LogP contribution in [0.4, 0.5) is 0 Å². The highest BCUT2D eigenvalue weighted by Crippen LogP contribution is 2.43. The first-order valence-corrected chi connectivity index (χ1v) is 15.6. The summed E-state index contributed by atoms with van der Waals surface area (Å²) in [7, 11) is 1.99. The fraction of sp³-hybridized carbons (Fsp3) is 1.00. The maximum Gasteiger partial charge on any atom is 0.472 e. The van der Waals surface area contributed by atoms with Gasteiger partial charge in [-0.05, 0) is 12.2 Å². The van der Waals surface area contributed by atoms with Crippen LogP contribution >= 0.6 is 19.6 Å². The number of phosphoric acid groups is 1. The van der Waals surface area contributed by atoms with Crippen molar-refractivity contribution in [3.63, 3.8) is 0 Å². The minimum atomic E-state index is -4.01. The molecule has 3 N–H and O–H groups in total. The van der Waals surface area contributed by atoms with E-state index >= 15 is 0 Å². The summed E-state index contributed by atoms with van der Waals surface area (Å²) in [6.45, 7) is 3.13. The summed E-state index contributed by atoms with van der Waals surface area (Å²) in [6.07, 6.45) is 19.2. The van der Waals surface area contributed by atoms with Crippen LogP contribution in [0, 0.1) is 0 Å². The topological polar surface area (TPSA) is 81.8 Å². The third-order valence-corrected chi connectivity index (χ3v) is 7.67. The van der Waals surface area contributed by atoms with Gasteiger partial charge < -0.3 is 15.1 Å². The number of hydrogen-bond acceptors (Lipinski definition) is 5. The van der Waals surface area contributed by atoms with Crippen molar-refractivity contribution >= 4 is 19.6 Å². The van der Waals surface area contributed by atoms with Crippen LogP contribution in [0.2, 0.25) is 0 Å². The van der Waals surface area contributed by atoms with Gasteiger partial charge in [0.1, 0.15) is 13.2 Å². The monoisotopic (exact) mass is 497 g/mol. The molecule has 0 amide bonds. The second-order valence-electron chi connectivity index (χ2n) is 10.0. The number of unbranched alkanes of at least 4 members (excludes halogenated alkanes) is 13. The predicted molar refractivity (Wildman–Crippen MR) is 140 cm³/mol. The zero-order valence-corrected chi connectivity index (χ0v) is 23.3. The van der Waals surface area contributed by atoms with Gasteiger partial charge in [0, 0.05) is 11.8 Å². The SMILES string of the molecule is CCCCCCCCCCCCCCCCSCC(N)COP(=O)(O)OCC[N+](C)(C)C. The lowest BCUT2D eigenvalue weighted by Crippen LogP contribution is -2.37. The smallest absolute Gasteiger partial charge is 0.329 e. The van der Waals surface area contributed by atoms with Crippen LogP contribution < -0.4 is 5.73 Å². The molecule has 0 fully saturated rings. The van der Waals surface area contributed by atoms with Crippen LogP contribution in [0.3, 0.4) is 0 Å². The lowest BCUT2D eigenvalue weighted by atomic mass is 10.0. The molecule has 194 valence electrons. The minimum Gasteiger partial charge on any atom is -0.329 e. The van der Waals surface area contributed by atoms with Crippen molar-refractivity contribution in [3.05, 3.63) is 0 Å². The molecule has 2 unspecified atom stereocenters. The average molecular weight is 498 g/mol. The zero-order valence-electron chi connectivity index (χ0n) is 21.6. The van der Waals surface area contributed by atoms with Gasteiger partial charge in [-0.15, -0.1) is 0 Å². The lowest BCUT2D eigenvalue weighted by molar-refractivity contribution is -0.870. The maximum atomic E-state index is 11.9. The average Bonchev–Trinajstić information content (AvgIpc) is 2.71. The Morgan fingerprint density at radius 2 is 1.31 bits per heavy atom. The van der Waals surface area contributed by atoms with Crippen molar-refractivity contribution < 1.29 is 23.0 Å². The molecule has 8 heteroatoms. The summed E-state index contributed by atoms with van der Waals surface area (Å²) < 4.78 is 22.6. The standard InChI is InChI=1S/C24H53N2O4PS/c1-5-6-7-8-9-10-11-12-13-14-15-16-17-18-21-32-23-24(25)22-30-31(27,28)29-20-19-26(2,3)4/h24H,5-23,25H2,1-4H3/p+1. The Morgan fingerprint density at radius 1 is 0.844 bits per heavy atom. The number of likely N-dealkylation sites (N-methyl/N-ethyl adjacent to an activating group) is 1. The summed E-state index contributed by atoms with van der Waals surface area (Å²) in [6, 6.07) is -0.255. The van der Waals surface area contributed by atoms with Gasteiger partial charge in [0.2, 0.25) is 0 Å². The fourth-order valence-corrected chi connectivity index (χ4v) is 5.08. The third kappa shape index (κ3) is 25.0. The highest BCUT2D eigenvalue weighted by atomic mass is 32.2. The zero-order chi connectivity index (χ0) is 24.1. The van der Waals surface area contributed by atoms with E-state index in [9.17, 15) is 9.46 Å². The minimum absolute atomic E-state index is 0.0455. The molecule has 0 saturated carbocycles. The summed E-state index contributed by atoms with van der Waals surface area (Å²) >= 11 is 1.80. The third-order valence-electron chi connectivity index (χ3n) is 5.44. The molecule has 0 aliphatic rings. The molecule has 0 radical (unpaired) electrons. The Balaban J connectivity index is 3.40. The molecule has 0 rings (SSSR count). The summed E-state index contributed by atoms with van der Waals surface area (Å²) in [5, 5.41) is 0. The van der Waals surface area contributed by atoms with E-state index in [1.165, 1.54) is 89.9 Å². The molecule has 32 heavy (non-hydrogen) atoms. The molecule has 0 aromatic heterocycles. The Labute approximate surface area is 203 Å². The van der Waals surface area contributed by atoms with Gasteiger partial charge in [0.25, 0.3) is 0 Å². The van der Waals surface area contributed by atoms with Crippen molar-refractivity contribution in [2.24, 2.45) is 5.73 Å². The quantitative estimate of drug-likeness (QED) is 0.0916. The number of nitrogens with zero attached hydrogens (tertiary/aromatic N) is 1. The normalized spacial score (nSPS) is 15.1. The summed E-state index contributed by atoms with van der Waals surface area (Å²) in [5.41, 5.74) is 6.00. The Bertz CT molecular complexity index is 464. The molecule has 6 nitrogen and oxygen atoms in total. The number of thioether (sulfide) groups is 1. The number of rotatable bonds is 24. The van der Waals surface area contributed by atoms with E-state index in [0.717, 1.165) is 11.5 Å². The summed E-state index contributed by atoms with van der Waals surface area (Å²) in [4.78, 5) is 9.71. The molecule has 0 aromatic carbocycles. The Kier molecular flexibility index (Phi) is 21.0. The van der Waals surface area contributed by atoms with E-state index < -0.39 is 7.82 Å². The van der Waals surface area contributed by atoms with Crippen molar-refractivity contribution in [2.45, 2.75) is 103 Å². The summed E-state index contributed by atoms with van der Waals surface area (Å²) in [5.74, 6) is 1.82.